The van der Waals surface area contributed by atoms with Crippen LogP contribution in [-0.4, -0.2) is 14.9 Å². The second-order valence-electron chi connectivity index (χ2n) is 8.08. The van der Waals surface area contributed by atoms with Gasteiger partial charge in [0.15, 0.2) is 0 Å². The van der Waals surface area contributed by atoms with Gasteiger partial charge in [0.2, 0.25) is 0 Å². The molecule has 0 aliphatic carbocycles. The lowest BCUT2D eigenvalue weighted by Crippen LogP contribution is -2.20. The van der Waals surface area contributed by atoms with Crippen LogP contribution in [0.3, 0.4) is 0 Å². The van der Waals surface area contributed by atoms with Crippen LogP contribution in [-0.2, 0) is 9.98 Å². The highest BCUT2D eigenvalue weighted by Gasteiger charge is 2.25. The van der Waals surface area contributed by atoms with Gasteiger partial charge in [-0.05, 0) is 46.3 Å². The van der Waals surface area contributed by atoms with Gasteiger partial charge < -0.3 is 14.9 Å². The second-order valence-corrected chi connectivity index (χ2v) is 8.64. The second kappa shape index (κ2) is 9.60. The molecule has 1 rings (SSSR count). The maximum atomic E-state index is 10.5. The molecule has 4 nitrogen and oxygen atoms in total. The highest BCUT2D eigenvalue weighted by molar-refractivity contribution is 7.30. The monoisotopic (exact) mass is 358 g/mol. The number of benzene rings is 1. The van der Waals surface area contributed by atoms with Gasteiger partial charge >= 0.3 is 8.25 Å². The molecule has 0 aliphatic heterocycles. The molecule has 0 fully saturated rings. The predicted octanol–water partition coefficient (Wildman–Crippen LogP) is 5.32. The maximum absolute atomic E-state index is 10.5. The largest absolute Gasteiger partial charge is 0.507 e. The summed E-state index contributed by atoms with van der Waals surface area (Å²) in [4.78, 5) is 14.3. The van der Waals surface area contributed by atoms with Gasteiger partial charge in [-0.25, -0.2) is 0 Å². The topological polar surface area (TPSA) is 77.8 Å². The molecule has 0 heterocycles. The van der Waals surface area contributed by atoms with E-state index in [-0.39, 0.29) is 5.41 Å². The molecule has 3 N–H and O–H groups in total. The Labute approximate surface area is 147 Å². The van der Waals surface area contributed by atoms with Crippen LogP contribution in [0.4, 0.5) is 0 Å². The summed E-state index contributed by atoms with van der Waals surface area (Å²) in [6, 6.07) is 4.43. The molecule has 0 saturated carbocycles. The molecular weight excluding hydrogens is 323 g/mol. The van der Waals surface area contributed by atoms with Crippen LogP contribution < -0.4 is 0 Å². The van der Waals surface area contributed by atoms with Crippen molar-refractivity contribution < 1.29 is 19.5 Å². The lowest BCUT2D eigenvalue weighted by atomic mass is 9.75. The summed E-state index contributed by atoms with van der Waals surface area (Å²) in [6.45, 7) is 17.8. The summed E-state index contributed by atoms with van der Waals surface area (Å²) in [6.07, 6.45) is 1.16. The Morgan fingerprint density at radius 3 is 1.54 bits per heavy atom. The zero-order valence-electron chi connectivity index (χ0n) is 16.3. The molecule has 0 atom stereocenters. The van der Waals surface area contributed by atoms with Gasteiger partial charge in [0, 0.05) is 0 Å². The lowest BCUT2D eigenvalue weighted by Gasteiger charge is -2.30. The summed E-state index contributed by atoms with van der Waals surface area (Å²) >= 11 is 0. The van der Waals surface area contributed by atoms with E-state index in [1.807, 2.05) is 0 Å². The smallest absolute Gasteiger partial charge is 0.314 e. The number of hydrogen-bond donors (Lipinski definition) is 3. The molecule has 5 heteroatoms. The Morgan fingerprint density at radius 2 is 1.29 bits per heavy atom. The fraction of sp³-hybridized carbons (Fsp3) is 0.684. The number of hydrogen-bond acceptors (Lipinski definition) is 2. The van der Waals surface area contributed by atoms with Crippen LogP contribution in [0.2, 0.25) is 0 Å². The van der Waals surface area contributed by atoms with Crippen molar-refractivity contribution in [3.8, 4) is 5.75 Å². The fourth-order valence-electron chi connectivity index (χ4n) is 3.09. The van der Waals surface area contributed by atoms with Crippen LogP contribution in [0.1, 0.15) is 90.3 Å². The fourth-order valence-corrected chi connectivity index (χ4v) is 3.09. The molecule has 0 saturated heterocycles. The third-order valence-corrected chi connectivity index (χ3v) is 4.11. The van der Waals surface area contributed by atoms with Gasteiger partial charge in [-0.2, -0.15) is 0 Å². The Balaban J connectivity index is 0.00000118. The summed E-state index contributed by atoms with van der Waals surface area (Å²) in [7, 11) is -3.13. The molecule has 0 aromatic heterocycles. The standard InChI is InChI=1S/C19H32O.H3O3P/c1-12(2)11-19(7,8)15-9-16(13(3)4)18(20)17(10-15)14(5)6;1-4(2)3/h9-10,12-14,20H,11H2,1-8H3;4H,(H2,1,2,3). The van der Waals surface area contributed by atoms with Gasteiger partial charge in [0.1, 0.15) is 5.75 Å². The van der Waals surface area contributed by atoms with E-state index in [9.17, 15) is 5.11 Å². The SMILES string of the molecule is CC(C)CC(C)(C)c1cc(C(C)C)c(O)c(C(C)C)c1.O=[PH](O)O. The molecule has 0 aliphatic rings. The molecule has 24 heavy (non-hydrogen) atoms. The molecule has 0 spiro atoms. The van der Waals surface area contributed by atoms with Crippen molar-refractivity contribution in [2.75, 3.05) is 0 Å². The first kappa shape index (κ1) is 23.2. The normalized spacial score (nSPS) is 12.1. The van der Waals surface area contributed by atoms with E-state index in [1.165, 1.54) is 5.56 Å². The van der Waals surface area contributed by atoms with Crippen molar-refractivity contribution in [2.24, 2.45) is 5.92 Å². The van der Waals surface area contributed by atoms with Crippen molar-refractivity contribution in [1.82, 2.24) is 0 Å². The van der Waals surface area contributed by atoms with Crippen LogP contribution in [0.5, 0.6) is 5.75 Å². The molecule has 1 aromatic carbocycles. The van der Waals surface area contributed by atoms with E-state index in [0.29, 0.717) is 23.5 Å². The molecule has 1 aromatic rings. The van der Waals surface area contributed by atoms with Crippen molar-refractivity contribution in [1.29, 1.82) is 0 Å². The van der Waals surface area contributed by atoms with Crippen LogP contribution in [0.25, 0.3) is 0 Å². The van der Waals surface area contributed by atoms with Crippen LogP contribution in [0, 0.1) is 5.92 Å². The summed E-state index contributed by atoms with van der Waals surface area (Å²) < 4.78 is 8.74. The number of rotatable bonds is 5. The molecule has 0 radical (unpaired) electrons. The molecule has 140 valence electrons. The molecule has 0 unspecified atom stereocenters. The number of aromatic hydroxyl groups is 1. The Morgan fingerprint density at radius 1 is 0.958 bits per heavy atom. The average molecular weight is 358 g/mol. The van der Waals surface area contributed by atoms with E-state index < -0.39 is 8.25 Å². The van der Waals surface area contributed by atoms with Crippen molar-refractivity contribution in [2.45, 2.75) is 79.1 Å². The van der Waals surface area contributed by atoms with Gasteiger partial charge in [-0.3, -0.25) is 4.57 Å². The van der Waals surface area contributed by atoms with E-state index >= 15 is 0 Å². The van der Waals surface area contributed by atoms with Crippen LogP contribution in [0.15, 0.2) is 12.1 Å². The van der Waals surface area contributed by atoms with E-state index in [4.69, 9.17) is 14.4 Å². The highest BCUT2D eigenvalue weighted by Crippen LogP contribution is 2.39. The molecule has 0 bridgehead atoms. The summed E-state index contributed by atoms with van der Waals surface area (Å²) in [5, 5.41) is 10.5. The molecule has 0 amide bonds. The first-order chi connectivity index (χ1) is 10.8. The average Bonchev–Trinajstić information content (AvgIpc) is 2.35. The van der Waals surface area contributed by atoms with Crippen LogP contribution >= 0.6 is 8.25 Å². The zero-order chi connectivity index (χ0) is 19.2. The minimum atomic E-state index is -3.13. The van der Waals surface area contributed by atoms with E-state index in [0.717, 1.165) is 17.5 Å². The quantitative estimate of drug-likeness (QED) is 0.622. The zero-order valence-corrected chi connectivity index (χ0v) is 17.3. The minimum Gasteiger partial charge on any atom is -0.507 e. The number of phenols is 1. The van der Waals surface area contributed by atoms with Crippen molar-refractivity contribution in [3.05, 3.63) is 28.8 Å². The van der Waals surface area contributed by atoms with Gasteiger partial charge in [-0.1, -0.05) is 67.5 Å². The predicted molar refractivity (Wildman–Crippen MR) is 102 cm³/mol. The van der Waals surface area contributed by atoms with Crippen molar-refractivity contribution in [3.63, 3.8) is 0 Å². The Bertz CT molecular complexity index is 515. The molecular formula is C19H35O4P. The van der Waals surface area contributed by atoms with Gasteiger partial charge in [0.25, 0.3) is 0 Å². The number of phenolic OH excluding ortho intramolecular Hbond substituents is 1. The first-order valence-electron chi connectivity index (χ1n) is 8.58. The first-order valence-corrected chi connectivity index (χ1v) is 9.89. The van der Waals surface area contributed by atoms with E-state index in [2.05, 4.69) is 67.5 Å². The van der Waals surface area contributed by atoms with E-state index in [1.54, 1.807) is 0 Å². The maximum Gasteiger partial charge on any atom is 0.314 e. The third kappa shape index (κ3) is 7.38. The summed E-state index contributed by atoms with van der Waals surface area (Å²) in [5.41, 5.74) is 3.68. The lowest BCUT2D eigenvalue weighted by molar-refractivity contribution is 0.396. The third-order valence-electron chi connectivity index (χ3n) is 4.11. The Kier molecular flexibility index (Phi) is 9.27. The minimum absolute atomic E-state index is 0.148. The summed E-state index contributed by atoms with van der Waals surface area (Å²) in [5.74, 6) is 1.87. The Hall–Kier alpha value is -0.830. The van der Waals surface area contributed by atoms with Gasteiger partial charge in [-0.15, -0.1) is 0 Å². The highest BCUT2D eigenvalue weighted by atomic mass is 31.1. The van der Waals surface area contributed by atoms with Crippen molar-refractivity contribution >= 4 is 8.25 Å². The van der Waals surface area contributed by atoms with Gasteiger partial charge in [0.05, 0.1) is 0 Å².